The van der Waals surface area contributed by atoms with Crippen molar-refractivity contribution in [2.45, 2.75) is 0 Å². The van der Waals surface area contributed by atoms with Gasteiger partial charge in [0.15, 0.2) is 5.82 Å². The number of rotatable bonds is 6. The van der Waals surface area contributed by atoms with Gasteiger partial charge in [-0.2, -0.15) is 0 Å². The van der Waals surface area contributed by atoms with Gasteiger partial charge in [-0.3, -0.25) is 0 Å². The molecule has 7 aromatic carbocycles. The topological polar surface area (TPSA) is 38.7 Å². The molecule has 0 fully saturated rings. The Bertz CT molecular complexity index is 2540. The molecule has 0 spiro atoms. The summed E-state index contributed by atoms with van der Waals surface area (Å²) >= 11 is 0. The van der Waals surface area contributed by atoms with E-state index in [4.69, 9.17) is 15.0 Å². The fraction of sp³-hybridized carbons (Fsp3) is 0. The number of hydrogen-bond donors (Lipinski definition) is 0. The van der Waals surface area contributed by atoms with Crippen LogP contribution in [0.3, 0.4) is 0 Å². The molecule has 0 atom stereocenters. The molecule has 0 N–H and O–H groups in total. The summed E-state index contributed by atoms with van der Waals surface area (Å²) in [5, 5.41) is 3.62. The quantitative estimate of drug-likeness (QED) is 0.170. The highest BCUT2D eigenvalue weighted by Gasteiger charge is 2.14. The molecule has 2 heterocycles. The Balaban J connectivity index is 1.06. The average Bonchev–Trinajstić information content (AvgIpc) is 3.21. The second-order valence-corrected chi connectivity index (χ2v) is 12.5. The van der Waals surface area contributed by atoms with Crippen molar-refractivity contribution in [3.05, 3.63) is 188 Å². The van der Waals surface area contributed by atoms with Crippen LogP contribution in [0.25, 0.3) is 89.1 Å². The first kappa shape index (κ1) is 29.4. The standard InChI is InChI=1S/C47H31N3/c1-4-12-34(13-5-1)41-30-43(48-42-29-28-35-14-10-11-19-40(35)46(41)42)38-24-20-32(21-25-38)33-22-26-39(27-23-33)47-49-44(36-15-6-2-7-16-36)31-45(50-47)37-17-8-3-9-18-37/h1-31H. The van der Waals surface area contributed by atoms with E-state index >= 15 is 0 Å². The number of benzene rings is 7. The highest BCUT2D eigenvalue weighted by Crippen LogP contribution is 2.37. The summed E-state index contributed by atoms with van der Waals surface area (Å²) in [7, 11) is 0. The maximum Gasteiger partial charge on any atom is 0.160 e. The van der Waals surface area contributed by atoms with E-state index in [0.717, 1.165) is 56.0 Å². The summed E-state index contributed by atoms with van der Waals surface area (Å²) in [5.74, 6) is 0.705. The lowest BCUT2D eigenvalue weighted by Gasteiger charge is -2.13. The average molecular weight is 638 g/mol. The van der Waals surface area contributed by atoms with Gasteiger partial charge in [-0.25, -0.2) is 15.0 Å². The first-order valence-corrected chi connectivity index (χ1v) is 16.9. The summed E-state index contributed by atoms with van der Waals surface area (Å²) in [6.45, 7) is 0. The van der Waals surface area contributed by atoms with Gasteiger partial charge in [-0.05, 0) is 51.2 Å². The zero-order valence-electron chi connectivity index (χ0n) is 27.2. The van der Waals surface area contributed by atoms with Crippen LogP contribution in [0.4, 0.5) is 0 Å². The number of nitrogens with zero attached hydrogens (tertiary/aromatic N) is 3. The highest BCUT2D eigenvalue weighted by molar-refractivity contribution is 6.13. The third-order valence-electron chi connectivity index (χ3n) is 9.31. The van der Waals surface area contributed by atoms with Gasteiger partial charge >= 0.3 is 0 Å². The van der Waals surface area contributed by atoms with E-state index in [0.29, 0.717) is 5.82 Å². The molecule has 0 unspecified atom stereocenters. The summed E-state index contributed by atoms with van der Waals surface area (Å²) in [5.41, 5.74) is 12.6. The van der Waals surface area contributed by atoms with Crippen molar-refractivity contribution in [2.75, 3.05) is 0 Å². The summed E-state index contributed by atoms with van der Waals surface area (Å²) in [6, 6.07) is 65.6. The molecule has 0 radical (unpaired) electrons. The van der Waals surface area contributed by atoms with Gasteiger partial charge in [0.25, 0.3) is 0 Å². The molecule has 3 nitrogen and oxygen atoms in total. The first-order chi connectivity index (χ1) is 24.8. The fourth-order valence-electron chi connectivity index (χ4n) is 6.74. The molecule has 0 bridgehead atoms. The third-order valence-corrected chi connectivity index (χ3v) is 9.31. The number of aromatic nitrogens is 3. The molecule has 0 saturated carbocycles. The van der Waals surface area contributed by atoms with Crippen molar-refractivity contribution in [3.8, 4) is 67.4 Å². The minimum atomic E-state index is 0.705. The lowest BCUT2D eigenvalue weighted by Crippen LogP contribution is -1.95. The van der Waals surface area contributed by atoms with E-state index in [1.54, 1.807) is 0 Å². The molecular weight excluding hydrogens is 607 g/mol. The zero-order chi connectivity index (χ0) is 33.3. The molecule has 9 aromatic rings. The first-order valence-electron chi connectivity index (χ1n) is 16.9. The molecule has 0 aliphatic carbocycles. The van der Waals surface area contributed by atoms with Crippen molar-refractivity contribution in [2.24, 2.45) is 0 Å². The fourth-order valence-corrected chi connectivity index (χ4v) is 6.74. The van der Waals surface area contributed by atoms with Crippen molar-refractivity contribution in [1.82, 2.24) is 15.0 Å². The minimum absolute atomic E-state index is 0.705. The van der Waals surface area contributed by atoms with Crippen LogP contribution in [0.1, 0.15) is 0 Å². The van der Waals surface area contributed by atoms with Crippen LogP contribution in [0, 0.1) is 0 Å². The predicted octanol–water partition coefficient (Wildman–Crippen LogP) is 12.2. The minimum Gasteiger partial charge on any atom is -0.248 e. The van der Waals surface area contributed by atoms with E-state index in [1.165, 1.54) is 27.3 Å². The van der Waals surface area contributed by atoms with Crippen LogP contribution in [-0.2, 0) is 0 Å². The van der Waals surface area contributed by atoms with Gasteiger partial charge in [0.05, 0.1) is 22.6 Å². The molecule has 234 valence electrons. The van der Waals surface area contributed by atoms with Crippen molar-refractivity contribution >= 4 is 21.7 Å². The Labute approximate surface area is 291 Å². The second-order valence-electron chi connectivity index (χ2n) is 12.5. The molecule has 0 aliphatic heterocycles. The van der Waals surface area contributed by atoms with E-state index < -0.39 is 0 Å². The molecule has 9 rings (SSSR count). The maximum atomic E-state index is 5.17. The summed E-state index contributed by atoms with van der Waals surface area (Å²) in [4.78, 5) is 15.2. The number of pyridine rings is 1. The van der Waals surface area contributed by atoms with Gasteiger partial charge < -0.3 is 0 Å². The second kappa shape index (κ2) is 12.7. The van der Waals surface area contributed by atoms with Crippen molar-refractivity contribution < 1.29 is 0 Å². The monoisotopic (exact) mass is 637 g/mol. The molecule has 0 aliphatic rings. The Hall–Kier alpha value is -6.71. The Morgan fingerprint density at radius 2 is 0.760 bits per heavy atom. The van der Waals surface area contributed by atoms with Crippen LogP contribution in [0.5, 0.6) is 0 Å². The predicted molar refractivity (Wildman–Crippen MR) is 207 cm³/mol. The van der Waals surface area contributed by atoms with Gasteiger partial charge in [0.2, 0.25) is 0 Å². The normalized spacial score (nSPS) is 11.2. The van der Waals surface area contributed by atoms with E-state index in [1.807, 2.05) is 36.4 Å². The molecule has 0 saturated heterocycles. The van der Waals surface area contributed by atoms with Gasteiger partial charge in [-0.1, -0.05) is 170 Å². The van der Waals surface area contributed by atoms with Crippen LogP contribution >= 0.6 is 0 Å². The zero-order valence-corrected chi connectivity index (χ0v) is 27.2. The number of fused-ring (bicyclic) bond motifs is 3. The van der Waals surface area contributed by atoms with Crippen LogP contribution < -0.4 is 0 Å². The maximum absolute atomic E-state index is 5.17. The SMILES string of the molecule is c1ccc(-c2cc(-c3ccccc3)nc(-c3ccc(-c4ccc(-c5cc(-c6ccccc6)c6c(ccc7ccccc76)n5)cc4)cc3)n2)cc1. The number of hydrogen-bond acceptors (Lipinski definition) is 3. The van der Waals surface area contributed by atoms with E-state index in [2.05, 4.69) is 152 Å². The van der Waals surface area contributed by atoms with Crippen LogP contribution in [0.2, 0.25) is 0 Å². The molecule has 3 heteroatoms. The summed E-state index contributed by atoms with van der Waals surface area (Å²) < 4.78 is 0. The highest BCUT2D eigenvalue weighted by atomic mass is 14.9. The van der Waals surface area contributed by atoms with Gasteiger partial charge in [-0.15, -0.1) is 0 Å². The molecular formula is C47H31N3. The van der Waals surface area contributed by atoms with Gasteiger partial charge in [0, 0.05) is 27.6 Å². The van der Waals surface area contributed by atoms with Crippen molar-refractivity contribution in [3.63, 3.8) is 0 Å². The van der Waals surface area contributed by atoms with Crippen molar-refractivity contribution in [1.29, 1.82) is 0 Å². The van der Waals surface area contributed by atoms with Gasteiger partial charge in [0.1, 0.15) is 0 Å². The molecule has 50 heavy (non-hydrogen) atoms. The third kappa shape index (κ3) is 5.61. The lowest BCUT2D eigenvalue weighted by molar-refractivity contribution is 1.18. The molecule has 0 amide bonds. The van der Waals surface area contributed by atoms with E-state index in [9.17, 15) is 0 Å². The largest absolute Gasteiger partial charge is 0.248 e. The van der Waals surface area contributed by atoms with Crippen LogP contribution in [-0.4, -0.2) is 15.0 Å². The van der Waals surface area contributed by atoms with E-state index in [-0.39, 0.29) is 0 Å². The smallest absolute Gasteiger partial charge is 0.160 e. The Morgan fingerprint density at radius 3 is 1.36 bits per heavy atom. The lowest BCUT2D eigenvalue weighted by atomic mass is 9.94. The van der Waals surface area contributed by atoms with Crippen LogP contribution in [0.15, 0.2) is 188 Å². The Kier molecular flexibility index (Phi) is 7.49. The molecule has 2 aromatic heterocycles. The summed E-state index contributed by atoms with van der Waals surface area (Å²) in [6.07, 6.45) is 0. The Morgan fingerprint density at radius 1 is 0.300 bits per heavy atom.